The fraction of sp³-hybridized carbons (Fsp3) is 0.400. The third-order valence-corrected chi connectivity index (χ3v) is 3.21. The number of hydrogen-bond acceptors (Lipinski definition) is 2. The van der Waals surface area contributed by atoms with Crippen molar-refractivity contribution in [2.75, 3.05) is 0 Å². The van der Waals surface area contributed by atoms with E-state index in [1.807, 2.05) is 42.1 Å². The first kappa shape index (κ1) is 14.1. The summed E-state index contributed by atoms with van der Waals surface area (Å²) in [5.74, 6) is 0. The normalized spacial score (nSPS) is 11.8. The van der Waals surface area contributed by atoms with E-state index in [2.05, 4.69) is 31.2 Å². The van der Waals surface area contributed by atoms with Crippen molar-refractivity contribution in [1.29, 1.82) is 0 Å². The molecule has 0 atom stereocenters. The average molecular weight is 278 g/mol. The third kappa shape index (κ3) is 3.58. The molecule has 0 amide bonds. The number of halogens is 1. The lowest BCUT2D eigenvalue weighted by atomic mass is 10.1. The van der Waals surface area contributed by atoms with Crippen LogP contribution >= 0.6 is 11.6 Å². The predicted molar refractivity (Wildman–Crippen MR) is 79.9 cm³/mol. The van der Waals surface area contributed by atoms with Gasteiger partial charge in [0, 0.05) is 28.9 Å². The minimum Gasteiger partial charge on any atom is -0.308 e. The molecule has 2 aromatic rings. The number of aryl methyl sites for hydroxylation is 1. The summed E-state index contributed by atoms with van der Waals surface area (Å²) in [5, 5.41) is 8.69. The molecule has 0 aliphatic rings. The van der Waals surface area contributed by atoms with Gasteiger partial charge in [-0.15, -0.1) is 0 Å². The number of benzene rings is 1. The Kier molecular flexibility index (Phi) is 3.97. The van der Waals surface area contributed by atoms with Crippen LogP contribution in [0.15, 0.2) is 30.5 Å². The first-order valence-electron chi connectivity index (χ1n) is 6.42. The van der Waals surface area contributed by atoms with Crippen molar-refractivity contribution in [2.24, 2.45) is 0 Å². The molecule has 1 heterocycles. The summed E-state index contributed by atoms with van der Waals surface area (Å²) in [6.45, 7) is 9.12. The topological polar surface area (TPSA) is 29.9 Å². The molecule has 1 aromatic carbocycles. The first-order chi connectivity index (χ1) is 8.87. The molecule has 19 heavy (non-hydrogen) atoms. The summed E-state index contributed by atoms with van der Waals surface area (Å²) < 4.78 is 1.88. The Morgan fingerprint density at radius 2 is 2.00 bits per heavy atom. The monoisotopic (exact) mass is 277 g/mol. The van der Waals surface area contributed by atoms with Crippen molar-refractivity contribution < 1.29 is 0 Å². The van der Waals surface area contributed by atoms with E-state index in [1.54, 1.807) is 0 Å². The van der Waals surface area contributed by atoms with Crippen LogP contribution in [0.4, 0.5) is 0 Å². The smallest absolute Gasteiger partial charge is 0.0705 e. The number of nitrogens with one attached hydrogen (secondary N) is 1. The zero-order valence-electron chi connectivity index (χ0n) is 11.9. The van der Waals surface area contributed by atoms with Crippen LogP contribution in [0.25, 0.3) is 5.69 Å². The molecule has 4 heteroatoms. The molecule has 0 unspecified atom stereocenters. The van der Waals surface area contributed by atoms with Crippen LogP contribution in [-0.2, 0) is 6.54 Å². The highest BCUT2D eigenvalue weighted by molar-refractivity contribution is 6.31. The van der Waals surface area contributed by atoms with E-state index in [1.165, 1.54) is 0 Å². The van der Waals surface area contributed by atoms with Crippen LogP contribution in [0.5, 0.6) is 0 Å². The second-order valence-electron chi connectivity index (χ2n) is 5.74. The summed E-state index contributed by atoms with van der Waals surface area (Å²) in [5.41, 5.74) is 3.14. The molecule has 102 valence electrons. The summed E-state index contributed by atoms with van der Waals surface area (Å²) in [7, 11) is 0. The standard InChI is InChI=1S/C15H20ClN3/c1-11-8-9-19(18-11)14-7-5-6-13(16)12(14)10-17-15(2,3)4/h5-9,17H,10H2,1-4H3. The van der Waals surface area contributed by atoms with Gasteiger partial charge in [-0.2, -0.15) is 5.10 Å². The van der Waals surface area contributed by atoms with Gasteiger partial charge in [-0.1, -0.05) is 17.7 Å². The minimum atomic E-state index is 0.0521. The Hall–Kier alpha value is -1.32. The van der Waals surface area contributed by atoms with E-state index in [0.29, 0.717) is 0 Å². The van der Waals surface area contributed by atoms with Crippen molar-refractivity contribution in [3.8, 4) is 5.69 Å². The first-order valence-corrected chi connectivity index (χ1v) is 6.80. The fourth-order valence-corrected chi connectivity index (χ4v) is 2.08. The molecular formula is C15H20ClN3. The highest BCUT2D eigenvalue weighted by Crippen LogP contribution is 2.23. The van der Waals surface area contributed by atoms with Gasteiger partial charge in [0.2, 0.25) is 0 Å². The molecule has 0 saturated carbocycles. The van der Waals surface area contributed by atoms with Gasteiger partial charge in [-0.25, -0.2) is 4.68 Å². The number of nitrogens with zero attached hydrogens (tertiary/aromatic N) is 2. The van der Waals surface area contributed by atoms with Crippen molar-refractivity contribution >= 4 is 11.6 Å². The highest BCUT2D eigenvalue weighted by Gasteiger charge is 2.14. The second kappa shape index (κ2) is 5.35. The van der Waals surface area contributed by atoms with E-state index >= 15 is 0 Å². The van der Waals surface area contributed by atoms with Gasteiger partial charge in [0.15, 0.2) is 0 Å². The number of aromatic nitrogens is 2. The van der Waals surface area contributed by atoms with E-state index in [4.69, 9.17) is 11.6 Å². The van der Waals surface area contributed by atoms with Crippen LogP contribution in [0.3, 0.4) is 0 Å². The van der Waals surface area contributed by atoms with Gasteiger partial charge >= 0.3 is 0 Å². The van der Waals surface area contributed by atoms with Gasteiger partial charge in [0.25, 0.3) is 0 Å². The van der Waals surface area contributed by atoms with E-state index < -0.39 is 0 Å². The lowest BCUT2D eigenvalue weighted by Gasteiger charge is -2.22. The largest absolute Gasteiger partial charge is 0.308 e. The molecule has 2 rings (SSSR count). The second-order valence-corrected chi connectivity index (χ2v) is 6.15. The highest BCUT2D eigenvalue weighted by atomic mass is 35.5. The molecule has 0 fully saturated rings. The van der Waals surface area contributed by atoms with Crippen LogP contribution in [0, 0.1) is 6.92 Å². The predicted octanol–water partition coefficient (Wildman–Crippen LogP) is 3.72. The van der Waals surface area contributed by atoms with Crippen LogP contribution in [0.2, 0.25) is 5.02 Å². The molecule has 0 radical (unpaired) electrons. The quantitative estimate of drug-likeness (QED) is 0.927. The summed E-state index contributed by atoms with van der Waals surface area (Å²) in [6, 6.07) is 7.90. The maximum atomic E-state index is 6.33. The minimum absolute atomic E-state index is 0.0521. The SMILES string of the molecule is Cc1ccn(-c2cccc(Cl)c2CNC(C)(C)C)n1. The van der Waals surface area contributed by atoms with Gasteiger partial charge in [-0.3, -0.25) is 0 Å². The Bertz CT molecular complexity index is 567. The van der Waals surface area contributed by atoms with E-state index in [9.17, 15) is 0 Å². The Labute approximate surface area is 119 Å². The Balaban J connectivity index is 2.36. The Morgan fingerprint density at radius 1 is 1.26 bits per heavy atom. The lowest BCUT2D eigenvalue weighted by molar-refractivity contribution is 0.424. The van der Waals surface area contributed by atoms with Crippen LogP contribution < -0.4 is 5.32 Å². The van der Waals surface area contributed by atoms with Gasteiger partial charge in [0.1, 0.15) is 0 Å². The maximum absolute atomic E-state index is 6.33. The van der Waals surface area contributed by atoms with Crippen molar-refractivity contribution in [2.45, 2.75) is 39.8 Å². The van der Waals surface area contributed by atoms with E-state index in [-0.39, 0.29) is 5.54 Å². The van der Waals surface area contributed by atoms with Crippen molar-refractivity contribution in [3.05, 3.63) is 46.7 Å². The summed E-state index contributed by atoms with van der Waals surface area (Å²) in [6.07, 6.45) is 1.96. The zero-order chi connectivity index (χ0) is 14.0. The van der Waals surface area contributed by atoms with Crippen LogP contribution in [-0.4, -0.2) is 15.3 Å². The van der Waals surface area contributed by atoms with Crippen LogP contribution in [0.1, 0.15) is 32.0 Å². The van der Waals surface area contributed by atoms with Gasteiger partial charge in [0.05, 0.1) is 11.4 Å². The third-order valence-electron chi connectivity index (χ3n) is 2.86. The summed E-state index contributed by atoms with van der Waals surface area (Å²) in [4.78, 5) is 0. The van der Waals surface area contributed by atoms with Gasteiger partial charge < -0.3 is 5.32 Å². The van der Waals surface area contributed by atoms with Crippen molar-refractivity contribution in [1.82, 2.24) is 15.1 Å². The molecule has 0 bridgehead atoms. The molecule has 0 aliphatic heterocycles. The molecule has 0 aliphatic carbocycles. The summed E-state index contributed by atoms with van der Waals surface area (Å²) >= 11 is 6.33. The molecule has 1 N–H and O–H groups in total. The lowest BCUT2D eigenvalue weighted by Crippen LogP contribution is -2.35. The van der Waals surface area contributed by atoms with Gasteiger partial charge in [-0.05, 0) is 45.9 Å². The molecule has 1 aromatic heterocycles. The molecular weight excluding hydrogens is 258 g/mol. The molecule has 3 nitrogen and oxygen atoms in total. The average Bonchev–Trinajstić information content (AvgIpc) is 2.72. The van der Waals surface area contributed by atoms with E-state index in [0.717, 1.165) is 28.5 Å². The number of hydrogen-bond donors (Lipinski definition) is 1. The molecule has 0 saturated heterocycles. The number of rotatable bonds is 3. The van der Waals surface area contributed by atoms with Crippen molar-refractivity contribution in [3.63, 3.8) is 0 Å². The molecule has 0 spiro atoms. The maximum Gasteiger partial charge on any atom is 0.0705 e. The zero-order valence-corrected chi connectivity index (χ0v) is 12.6. The fourth-order valence-electron chi connectivity index (χ4n) is 1.84. The Morgan fingerprint density at radius 3 is 2.58 bits per heavy atom.